The Kier molecular flexibility index (Phi) is 7.77. The number of amides is 2. The Bertz CT molecular complexity index is 475. The van der Waals surface area contributed by atoms with Crippen molar-refractivity contribution >= 4 is 24.2 Å². The van der Waals surface area contributed by atoms with E-state index in [0.29, 0.717) is 23.8 Å². The van der Waals surface area contributed by atoms with Crippen LogP contribution in [0, 0.1) is 23.7 Å². The maximum absolute atomic E-state index is 13.0. The van der Waals surface area contributed by atoms with Gasteiger partial charge in [-0.25, -0.2) is 0 Å². The second-order valence-electron chi connectivity index (χ2n) is 8.31. The van der Waals surface area contributed by atoms with Crippen molar-refractivity contribution in [1.29, 1.82) is 0 Å². The quantitative estimate of drug-likeness (QED) is 0.808. The SMILES string of the molecule is CCN(CC)C(=O)C1CCN(C(=O)C2CC3CCCC(C2)C3N)CC1.Cl. The summed E-state index contributed by atoms with van der Waals surface area (Å²) in [5.41, 5.74) is 6.36. The summed E-state index contributed by atoms with van der Waals surface area (Å²) >= 11 is 0. The summed E-state index contributed by atoms with van der Waals surface area (Å²) in [5.74, 6) is 1.97. The van der Waals surface area contributed by atoms with Crippen LogP contribution in [0.1, 0.15) is 58.8 Å². The van der Waals surface area contributed by atoms with Crippen LogP contribution in [0.15, 0.2) is 0 Å². The van der Waals surface area contributed by atoms with Gasteiger partial charge in [-0.2, -0.15) is 0 Å². The maximum atomic E-state index is 13.0. The fraction of sp³-hybridized carbons (Fsp3) is 0.900. The van der Waals surface area contributed by atoms with E-state index in [4.69, 9.17) is 5.73 Å². The predicted molar refractivity (Wildman–Crippen MR) is 106 cm³/mol. The summed E-state index contributed by atoms with van der Waals surface area (Å²) < 4.78 is 0. The molecule has 1 saturated heterocycles. The van der Waals surface area contributed by atoms with Crippen molar-refractivity contribution < 1.29 is 9.59 Å². The van der Waals surface area contributed by atoms with E-state index in [2.05, 4.69) is 0 Å². The standard InChI is InChI=1S/C20H35N3O2.ClH/c1-3-22(4-2)19(24)14-8-10-23(11-9-14)20(25)17-12-15-6-5-7-16(13-17)18(15)21;/h14-18H,3-13,21H2,1-2H3;1H. The molecule has 2 bridgehead atoms. The molecule has 0 aromatic heterocycles. The van der Waals surface area contributed by atoms with E-state index < -0.39 is 0 Å². The van der Waals surface area contributed by atoms with Crippen LogP contribution < -0.4 is 5.73 Å². The first-order valence-electron chi connectivity index (χ1n) is 10.4. The van der Waals surface area contributed by atoms with Crippen LogP contribution in [0.3, 0.4) is 0 Å². The molecule has 0 radical (unpaired) electrons. The smallest absolute Gasteiger partial charge is 0.225 e. The first-order chi connectivity index (χ1) is 12.0. The average Bonchev–Trinajstić information content (AvgIpc) is 2.62. The lowest BCUT2D eigenvalue weighted by molar-refractivity contribution is -0.144. The third kappa shape index (κ3) is 4.36. The number of piperidine rings is 1. The third-order valence-electron chi connectivity index (χ3n) is 6.99. The highest BCUT2D eigenvalue weighted by molar-refractivity contribution is 5.85. The van der Waals surface area contributed by atoms with Gasteiger partial charge in [0.25, 0.3) is 0 Å². The van der Waals surface area contributed by atoms with Crippen LogP contribution in [0.2, 0.25) is 0 Å². The van der Waals surface area contributed by atoms with Gasteiger partial charge in [0, 0.05) is 44.1 Å². The van der Waals surface area contributed by atoms with Crippen molar-refractivity contribution in [2.24, 2.45) is 29.4 Å². The second kappa shape index (κ2) is 9.41. The highest BCUT2D eigenvalue weighted by Gasteiger charge is 2.42. The van der Waals surface area contributed by atoms with Crippen molar-refractivity contribution in [2.45, 2.75) is 64.8 Å². The Morgan fingerprint density at radius 1 is 0.962 bits per heavy atom. The monoisotopic (exact) mass is 385 g/mol. The highest BCUT2D eigenvalue weighted by Crippen LogP contribution is 2.42. The number of fused-ring (bicyclic) bond motifs is 2. The van der Waals surface area contributed by atoms with Gasteiger partial charge in [0.15, 0.2) is 0 Å². The Labute approximate surface area is 164 Å². The number of likely N-dealkylation sites (tertiary alicyclic amines) is 1. The molecule has 26 heavy (non-hydrogen) atoms. The van der Waals surface area contributed by atoms with Crippen LogP contribution in [-0.2, 0) is 9.59 Å². The number of nitrogens with two attached hydrogens (primary N) is 1. The van der Waals surface area contributed by atoms with E-state index in [1.54, 1.807) is 0 Å². The second-order valence-corrected chi connectivity index (χ2v) is 8.31. The van der Waals surface area contributed by atoms with E-state index in [1.807, 2.05) is 23.6 Å². The molecule has 0 spiro atoms. The first-order valence-corrected chi connectivity index (χ1v) is 10.4. The fourth-order valence-electron chi connectivity index (χ4n) is 5.39. The third-order valence-corrected chi connectivity index (χ3v) is 6.99. The first kappa shape index (κ1) is 21.5. The summed E-state index contributed by atoms with van der Waals surface area (Å²) in [6, 6.07) is 0.315. The van der Waals surface area contributed by atoms with Gasteiger partial charge in [0.05, 0.1) is 0 Å². The molecule has 2 aliphatic carbocycles. The molecule has 0 aromatic rings. The minimum atomic E-state index is 0. The van der Waals surface area contributed by atoms with Gasteiger partial charge in [0.2, 0.25) is 11.8 Å². The zero-order valence-corrected chi connectivity index (χ0v) is 17.2. The molecule has 2 amide bonds. The summed E-state index contributed by atoms with van der Waals surface area (Å²) in [7, 11) is 0. The number of hydrogen-bond acceptors (Lipinski definition) is 3. The van der Waals surface area contributed by atoms with Crippen LogP contribution >= 0.6 is 12.4 Å². The van der Waals surface area contributed by atoms with Gasteiger partial charge < -0.3 is 15.5 Å². The number of halogens is 1. The molecular formula is C20H36ClN3O2. The lowest BCUT2D eigenvalue weighted by atomic mass is 9.65. The minimum absolute atomic E-state index is 0. The van der Waals surface area contributed by atoms with Crippen LogP contribution in [0.25, 0.3) is 0 Å². The van der Waals surface area contributed by atoms with E-state index in [-0.39, 0.29) is 30.2 Å². The molecule has 6 heteroatoms. The molecule has 2 unspecified atom stereocenters. The highest BCUT2D eigenvalue weighted by atomic mass is 35.5. The van der Waals surface area contributed by atoms with Gasteiger partial charge in [-0.1, -0.05) is 6.42 Å². The lowest BCUT2D eigenvalue weighted by Gasteiger charge is -2.45. The topological polar surface area (TPSA) is 66.6 Å². The van der Waals surface area contributed by atoms with Crippen LogP contribution in [0.5, 0.6) is 0 Å². The largest absolute Gasteiger partial charge is 0.343 e. The number of hydrogen-bond donors (Lipinski definition) is 1. The molecule has 2 N–H and O–H groups in total. The summed E-state index contributed by atoms with van der Waals surface area (Å²) in [6.07, 6.45) is 7.27. The van der Waals surface area contributed by atoms with Gasteiger partial charge >= 0.3 is 0 Å². The summed E-state index contributed by atoms with van der Waals surface area (Å²) in [5, 5.41) is 0. The molecule has 1 heterocycles. The zero-order valence-electron chi connectivity index (χ0n) is 16.4. The van der Waals surface area contributed by atoms with Crippen molar-refractivity contribution in [2.75, 3.05) is 26.2 Å². The molecule has 2 atom stereocenters. The summed E-state index contributed by atoms with van der Waals surface area (Å²) in [6.45, 7) is 7.11. The lowest BCUT2D eigenvalue weighted by Crippen LogP contribution is -2.51. The molecular weight excluding hydrogens is 350 g/mol. The van der Waals surface area contributed by atoms with Crippen molar-refractivity contribution in [3.63, 3.8) is 0 Å². The van der Waals surface area contributed by atoms with Crippen LogP contribution in [-0.4, -0.2) is 53.8 Å². The molecule has 150 valence electrons. The Balaban J connectivity index is 0.00000243. The fourth-order valence-corrected chi connectivity index (χ4v) is 5.39. The molecule has 3 fully saturated rings. The molecule has 2 saturated carbocycles. The van der Waals surface area contributed by atoms with Crippen LogP contribution in [0.4, 0.5) is 0 Å². The van der Waals surface area contributed by atoms with Gasteiger partial charge in [-0.15, -0.1) is 12.4 Å². The number of carbonyl (C=O) groups is 2. The normalized spacial score (nSPS) is 31.9. The molecule has 5 nitrogen and oxygen atoms in total. The molecule has 0 aromatic carbocycles. The Morgan fingerprint density at radius 3 is 2.00 bits per heavy atom. The summed E-state index contributed by atoms with van der Waals surface area (Å²) in [4.78, 5) is 29.5. The van der Waals surface area contributed by atoms with E-state index >= 15 is 0 Å². The number of rotatable bonds is 4. The minimum Gasteiger partial charge on any atom is -0.343 e. The number of carbonyl (C=O) groups excluding carboxylic acids is 2. The van der Waals surface area contributed by atoms with E-state index in [0.717, 1.165) is 51.9 Å². The Morgan fingerprint density at radius 2 is 1.50 bits per heavy atom. The van der Waals surface area contributed by atoms with Gasteiger partial charge in [-0.05, 0) is 64.2 Å². The van der Waals surface area contributed by atoms with Crippen molar-refractivity contribution in [3.05, 3.63) is 0 Å². The molecule has 3 aliphatic rings. The Hall–Kier alpha value is -0.810. The van der Waals surface area contributed by atoms with Gasteiger partial charge in [0.1, 0.15) is 0 Å². The zero-order chi connectivity index (χ0) is 18.0. The van der Waals surface area contributed by atoms with Crippen molar-refractivity contribution in [3.8, 4) is 0 Å². The van der Waals surface area contributed by atoms with E-state index in [9.17, 15) is 9.59 Å². The molecule has 3 rings (SSSR count). The van der Waals surface area contributed by atoms with E-state index in [1.165, 1.54) is 19.3 Å². The molecule has 1 aliphatic heterocycles. The number of nitrogens with zero attached hydrogens (tertiary/aromatic N) is 2. The van der Waals surface area contributed by atoms with Gasteiger partial charge in [-0.3, -0.25) is 9.59 Å². The van der Waals surface area contributed by atoms with Crippen molar-refractivity contribution in [1.82, 2.24) is 9.80 Å². The maximum Gasteiger partial charge on any atom is 0.225 e. The predicted octanol–water partition coefficient (Wildman–Crippen LogP) is 2.67. The average molecular weight is 386 g/mol.